The molecule has 0 unspecified atom stereocenters. The van der Waals surface area contributed by atoms with Crippen molar-refractivity contribution < 1.29 is 25.8 Å². The molecule has 6 heteroatoms. The van der Waals surface area contributed by atoms with Crippen molar-refractivity contribution in [2.24, 2.45) is 0 Å². The van der Waals surface area contributed by atoms with Gasteiger partial charge in [-0.15, -0.1) is 53.6 Å². The van der Waals surface area contributed by atoms with Gasteiger partial charge in [0.25, 0.3) is 0 Å². The zero-order chi connectivity index (χ0) is 53.1. The van der Waals surface area contributed by atoms with Crippen LogP contribution in [0.2, 0.25) is 0 Å². The van der Waals surface area contributed by atoms with Crippen LogP contribution in [0.5, 0.6) is 11.5 Å². The molecule has 5 nitrogen and oxygen atoms in total. The summed E-state index contributed by atoms with van der Waals surface area (Å²) < 4.78 is 9.25. The number of aromatic nitrogens is 2. The van der Waals surface area contributed by atoms with Crippen molar-refractivity contribution in [3.63, 3.8) is 0 Å². The van der Waals surface area contributed by atoms with Crippen LogP contribution in [0, 0.1) is 18.8 Å². The van der Waals surface area contributed by atoms with Crippen LogP contribution in [0.4, 0.5) is 11.4 Å². The molecule has 7 aromatic carbocycles. The molecule has 0 aliphatic carbocycles. The number of rotatable bonds is 12. The number of nitrogens with zero attached hydrogens (tertiary/aromatic N) is 4. The number of benzene rings is 7. The van der Waals surface area contributed by atoms with Crippen molar-refractivity contribution in [1.82, 2.24) is 9.55 Å². The van der Waals surface area contributed by atoms with Crippen LogP contribution in [0.3, 0.4) is 0 Å². The summed E-state index contributed by atoms with van der Waals surface area (Å²) in [6.07, 6.45) is 6.20. The van der Waals surface area contributed by atoms with E-state index >= 15 is 0 Å². The molecule has 0 atom stereocenters. The monoisotopic (exact) mass is 1180 g/mol. The predicted molar refractivity (Wildman–Crippen MR) is 317 cm³/mol. The van der Waals surface area contributed by atoms with Gasteiger partial charge >= 0.3 is 0 Å². The fraction of sp³-hybridized carbons (Fsp3) is 0.286. The van der Waals surface area contributed by atoms with E-state index in [1.165, 1.54) is 44.5 Å². The van der Waals surface area contributed by atoms with E-state index in [4.69, 9.17) is 9.72 Å². The summed E-state index contributed by atoms with van der Waals surface area (Å²) in [7, 11) is 0. The van der Waals surface area contributed by atoms with Crippen LogP contribution in [0.15, 0.2) is 164 Å². The molecule has 0 saturated carbocycles. The first kappa shape index (κ1) is 54.1. The zero-order valence-electron chi connectivity index (χ0n) is 46.9. The van der Waals surface area contributed by atoms with Gasteiger partial charge in [-0.3, -0.25) is 0 Å². The Kier molecular flexibility index (Phi) is 15.0. The summed E-state index contributed by atoms with van der Waals surface area (Å²) >= 11 is 0. The summed E-state index contributed by atoms with van der Waals surface area (Å²) in [4.78, 5) is 9.51. The molecule has 1 aliphatic heterocycles. The van der Waals surface area contributed by atoms with Crippen molar-refractivity contribution in [2.75, 3.05) is 9.80 Å². The minimum absolute atomic E-state index is 0. The van der Waals surface area contributed by atoms with Crippen molar-refractivity contribution in [2.45, 2.75) is 131 Å². The molecule has 392 valence electrons. The van der Waals surface area contributed by atoms with Crippen LogP contribution in [-0.4, -0.2) is 9.55 Å². The van der Waals surface area contributed by atoms with Gasteiger partial charge in [-0.2, -0.15) is 6.07 Å². The summed E-state index contributed by atoms with van der Waals surface area (Å²) in [6, 6.07) is 60.5. The van der Waals surface area contributed by atoms with Crippen LogP contribution < -0.4 is 14.5 Å². The van der Waals surface area contributed by atoms with Gasteiger partial charge in [0.1, 0.15) is 5.82 Å². The van der Waals surface area contributed by atoms with Crippen LogP contribution in [0.1, 0.15) is 154 Å². The van der Waals surface area contributed by atoms with Gasteiger partial charge in [0.2, 0.25) is 0 Å². The van der Waals surface area contributed by atoms with Crippen molar-refractivity contribution in [3.05, 3.63) is 222 Å². The van der Waals surface area contributed by atoms with Gasteiger partial charge in [0.05, 0.1) is 0 Å². The molecule has 0 N–H and O–H groups in total. The third-order valence-corrected chi connectivity index (χ3v) is 15.3. The van der Waals surface area contributed by atoms with Crippen LogP contribution >= 0.6 is 0 Å². The molecule has 0 radical (unpaired) electrons. The van der Waals surface area contributed by atoms with E-state index in [1.807, 2.05) is 12.3 Å². The Morgan fingerprint density at radius 2 is 1.14 bits per heavy atom. The maximum absolute atomic E-state index is 6.97. The molecule has 76 heavy (non-hydrogen) atoms. The topological polar surface area (TPSA) is 33.5 Å². The SMILES string of the molecule is CC(C)c1cc(C(C)C)c(-c2ccnc(-n3c4[c-]c(Oc5[c-]c(N6C=CN(c7cc(C(C)(C)C)cc(C(C)(C)C)c7)[CH-]6)cc(-c6ccccc6)c5)ccc4c4cc(C(C)(C)c5ccccc5)ccc43)c2)c(C(C)C)c1.[Pt]. The Balaban J connectivity index is 0.00000706. The third kappa shape index (κ3) is 10.7. The minimum atomic E-state index is -0.237. The van der Waals surface area contributed by atoms with Crippen molar-refractivity contribution in [3.8, 4) is 39.6 Å². The average molecular weight is 1180 g/mol. The molecule has 1 aliphatic rings. The fourth-order valence-electron chi connectivity index (χ4n) is 10.5. The van der Waals surface area contributed by atoms with Crippen LogP contribution in [-0.2, 0) is 37.3 Å². The van der Waals surface area contributed by atoms with Crippen molar-refractivity contribution >= 4 is 33.2 Å². The molecule has 10 rings (SSSR count). The molecule has 0 amide bonds. The Morgan fingerprint density at radius 1 is 0.513 bits per heavy atom. The number of pyridine rings is 1. The number of anilines is 2. The molecule has 9 aromatic rings. The number of ether oxygens (including phenoxy) is 1. The zero-order valence-corrected chi connectivity index (χ0v) is 49.2. The normalized spacial score (nSPS) is 13.2. The second-order valence-corrected chi connectivity index (χ2v) is 24.2. The Morgan fingerprint density at radius 3 is 1.76 bits per heavy atom. The first-order chi connectivity index (χ1) is 35.6. The van der Waals surface area contributed by atoms with E-state index in [-0.39, 0.29) is 37.3 Å². The molecular weight excluding hydrogens is 1110 g/mol. The van der Waals surface area contributed by atoms with E-state index in [0.717, 1.165) is 55.7 Å². The number of hydrogen-bond acceptors (Lipinski definition) is 4. The van der Waals surface area contributed by atoms with E-state index in [9.17, 15) is 0 Å². The molecule has 0 bridgehead atoms. The standard InChI is InChI=1S/C70H73N4O.Pt/c1-45(2)50-35-61(46(3)4)67(62(36-50)47(5)6)49-29-30-71-66(37-49)74-64-28-25-53(70(13,14)52-23-19-16-20-24-52)41-63(64)60-27-26-58(43-65(60)74)75-59-34-51(48-21-17-15-18-22-48)33-56(42-59)72-31-32-73(44-72)57-39-54(68(7,8)9)38-55(40-57)69(10,11)12;/h15-41,44-47H,1-14H3;/q-3;. The fourth-order valence-corrected chi connectivity index (χ4v) is 10.5. The summed E-state index contributed by atoms with van der Waals surface area (Å²) in [5, 5.41) is 2.21. The Hall–Kier alpha value is -6.68. The maximum Gasteiger partial charge on any atom is 0.136 e. The second-order valence-electron chi connectivity index (χ2n) is 24.2. The quantitative estimate of drug-likeness (QED) is 0.114. The van der Waals surface area contributed by atoms with Gasteiger partial charge in [-0.25, -0.2) is 4.98 Å². The first-order valence-corrected chi connectivity index (χ1v) is 26.9. The number of hydrogen-bond donors (Lipinski definition) is 0. The van der Waals surface area contributed by atoms with Gasteiger partial charge < -0.3 is 19.1 Å². The van der Waals surface area contributed by atoms with Crippen LogP contribution in [0.25, 0.3) is 49.9 Å². The first-order valence-electron chi connectivity index (χ1n) is 26.9. The molecule has 3 heterocycles. The molecular formula is C70H73N4OPt-3. The molecule has 0 saturated heterocycles. The van der Waals surface area contributed by atoms with E-state index in [0.29, 0.717) is 29.3 Å². The Labute approximate surface area is 467 Å². The Bertz CT molecular complexity index is 3530. The largest absolute Gasteiger partial charge is 0.509 e. The predicted octanol–water partition coefficient (Wildman–Crippen LogP) is 19.1. The molecule has 2 aromatic heterocycles. The van der Waals surface area contributed by atoms with Gasteiger partial charge in [0, 0.05) is 55.4 Å². The third-order valence-electron chi connectivity index (χ3n) is 15.3. The molecule has 0 spiro atoms. The van der Waals surface area contributed by atoms with E-state index < -0.39 is 0 Å². The van der Waals surface area contributed by atoms with E-state index in [2.05, 4.69) is 282 Å². The summed E-state index contributed by atoms with van der Waals surface area (Å²) in [6.45, 7) is 34.3. The second kappa shape index (κ2) is 21.0. The molecule has 0 fully saturated rings. The summed E-state index contributed by atoms with van der Waals surface area (Å²) in [5.41, 5.74) is 17.5. The van der Waals surface area contributed by atoms with Crippen molar-refractivity contribution in [1.29, 1.82) is 0 Å². The smallest absolute Gasteiger partial charge is 0.136 e. The summed E-state index contributed by atoms with van der Waals surface area (Å²) in [5.74, 6) is 3.11. The van der Waals surface area contributed by atoms with Gasteiger partial charge in [-0.05, 0) is 132 Å². The van der Waals surface area contributed by atoms with E-state index in [1.54, 1.807) is 0 Å². The van der Waals surface area contributed by atoms with Gasteiger partial charge in [-0.1, -0.05) is 193 Å². The van der Waals surface area contributed by atoms with Gasteiger partial charge in [0.15, 0.2) is 0 Å². The minimum Gasteiger partial charge on any atom is -0.509 e. The average Bonchev–Trinajstić information content (AvgIpc) is 4.05. The maximum atomic E-state index is 6.97. The number of fused-ring (bicyclic) bond motifs is 3.